The van der Waals surface area contributed by atoms with Crippen molar-refractivity contribution in [3.63, 3.8) is 0 Å². The number of hydrogen-bond donors (Lipinski definition) is 2. The van der Waals surface area contributed by atoms with Gasteiger partial charge in [-0.05, 0) is 25.8 Å². The predicted molar refractivity (Wildman–Crippen MR) is 78.8 cm³/mol. The molecule has 0 saturated heterocycles. The molecule has 1 aromatic rings. The van der Waals surface area contributed by atoms with Crippen molar-refractivity contribution in [2.75, 3.05) is 0 Å². The van der Waals surface area contributed by atoms with Crippen LogP contribution in [-0.4, -0.2) is 35.0 Å². The standard InChI is InChI=1S/C13H13Cl2N3O4/c1-6(11(19)18-13(21)17-8-2-3-8)22-12(20)7-4-9(14)10(15)16-5-7/h4-6,8H,2-3H2,1H3,(H2,17,18,19,21). The lowest BCUT2D eigenvalue weighted by Gasteiger charge is -2.13. The van der Waals surface area contributed by atoms with Crippen LogP contribution in [0.25, 0.3) is 0 Å². The van der Waals surface area contributed by atoms with E-state index in [1.54, 1.807) is 0 Å². The molecule has 22 heavy (non-hydrogen) atoms. The number of nitrogens with zero attached hydrogens (tertiary/aromatic N) is 1. The first-order valence-corrected chi connectivity index (χ1v) is 7.26. The van der Waals surface area contributed by atoms with Crippen molar-refractivity contribution >= 4 is 41.1 Å². The van der Waals surface area contributed by atoms with Gasteiger partial charge in [-0.15, -0.1) is 0 Å². The lowest BCUT2D eigenvalue weighted by Crippen LogP contribution is -2.45. The summed E-state index contributed by atoms with van der Waals surface area (Å²) in [6.07, 6.45) is 1.83. The third-order valence-electron chi connectivity index (χ3n) is 2.83. The highest BCUT2D eigenvalue weighted by Crippen LogP contribution is 2.20. The third kappa shape index (κ3) is 4.57. The second kappa shape index (κ2) is 6.93. The number of aromatic nitrogens is 1. The van der Waals surface area contributed by atoms with Crippen molar-refractivity contribution in [1.29, 1.82) is 0 Å². The average molecular weight is 346 g/mol. The van der Waals surface area contributed by atoms with Gasteiger partial charge in [-0.2, -0.15) is 0 Å². The van der Waals surface area contributed by atoms with E-state index in [4.69, 9.17) is 27.9 Å². The van der Waals surface area contributed by atoms with Crippen molar-refractivity contribution in [3.8, 4) is 0 Å². The predicted octanol–water partition coefficient (Wildman–Crippen LogP) is 1.92. The highest BCUT2D eigenvalue weighted by molar-refractivity contribution is 6.41. The molecule has 1 heterocycles. The van der Waals surface area contributed by atoms with Crippen molar-refractivity contribution in [2.24, 2.45) is 0 Å². The summed E-state index contributed by atoms with van der Waals surface area (Å²) in [7, 11) is 0. The summed E-state index contributed by atoms with van der Waals surface area (Å²) < 4.78 is 4.94. The summed E-state index contributed by atoms with van der Waals surface area (Å²) in [6.45, 7) is 1.35. The zero-order valence-corrected chi connectivity index (χ0v) is 13.1. The molecule has 118 valence electrons. The van der Waals surface area contributed by atoms with Gasteiger partial charge in [0.1, 0.15) is 5.15 Å². The molecule has 1 fully saturated rings. The molecule has 0 aliphatic heterocycles. The summed E-state index contributed by atoms with van der Waals surface area (Å²) in [5, 5.41) is 4.83. The second-order valence-corrected chi connectivity index (χ2v) is 5.55. The monoisotopic (exact) mass is 345 g/mol. The molecular formula is C13H13Cl2N3O4. The zero-order valence-electron chi connectivity index (χ0n) is 11.6. The normalized spacial score (nSPS) is 14.9. The lowest BCUT2D eigenvalue weighted by molar-refractivity contribution is -0.127. The van der Waals surface area contributed by atoms with Crippen LogP contribution in [0.2, 0.25) is 10.2 Å². The summed E-state index contributed by atoms with van der Waals surface area (Å²) in [6, 6.07) is 0.795. The van der Waals surface area contributed by atoms with Gasteiger partial charge in [0.05, 0.1) is 10.6 Å². The first-order valence-electron chi connectivity index (χ1n) is 6.50. The highest BCUT2D eigenvalue weighted by Gasteiger charge is 2.26. The van der Waals surface area contributed by atoms with Gasteiger partial charge in [0, 0.05) is 12.2 Å². The fourth-order valence-corrected chi connectivity index (χ4v) is 1.75. The molecule has 1 unspecified atom stereocenters. The Morgan fingerprint density at radius 3 is 2.64 bits per heavy atom. The van der Waals surface area contributed by atoms with Crippen LogP contribution >= 0.6 is 23.2 Å². The number of rotatable bonds is 4. The molecule has 1 aliphatic rings. The van der Waals surface area contributed by atoms with Crippen LogP contribution in [0.15, 0.2) is 12.3 Å². The topological polar surface area (TPSA) is 97.4 Å². The van der Waals surface area contributed by atoms with Crippen LogP contribution in [-0.2, 0) is 9.53 Å². The van der Waals surface area contributed by atoms with Crippen molar-refractivity contribution in [1.82, 2.24) is 15.6 Å². The van der Waals surface area contributed by atoms with Crippen molar-refractivity contribution in [3.05, 3.63) is 28.0 Å². The van der Waals surface area contributed by atoms with Gasteiger partial charge in [-0.25, -0.2) is 14.6 Å². The molecule has 0 aromatic carbocycles. The fraction of sp³-hybridized carbons (Fsp3) is 0.385. The van der Waals surface area contributed by atoms with Gasteiger partial charge in [0.2, 0.25) is 0 Å². The van der Waals surface area contributed by atoms with E-state index in [-0.39, 0.29) is 21.8 Å². The SMILES string of the molecule is CC(OC(=O)c1cnc(Cl)c(Cl)c1)C(=O)NC(=O)NC1CC1. The molecule has 2 N–H and O–H groups in total. The largest absolute Gasteiger partial charge is 0.449 e. The maximum absolute atomic E-state index is 11.9. The Morgan fingerprint density at radius 1 is 1.36 bits per heavy atom. The second-order valence-electron chi connectivity index (χ2n) is 4.78. The Hall–Kier alpha value is -1.86. The Labute approximate surface area is 136 Å². The third-order valence-corrected chi connectivity index (χ3v) is 3.52. The van der Waals surface area contributed by atoms with E-state index < -0.39 is 24.0 Å². The van der Waals surface area contributed by atoms with E-state index >= 15 is 0 Å². The lowest BCUT2D eigenvalue weighted by atomic mass is 10.3. The minimum Gasteiger partial charge on any atom is -0.449 e. The highest BCUT2D eigenvalue weighted by atomic mass is 35.5. The number of carbonyl (C=O) groups excluding carboxylic acids is 3. The van der Waals surface area contributed by atoms with Crippen LogP contribution < -0.4 is 10.6 Å². The Bertz CT molecular complexity index is 619. The number of esters is 1. The van der Waals surface area contributed by atoms with Gasteiger partial charge >= 0.3 is 12.0 Å². The molecule has 0 radical (unpaired) electrons. The average Bonchev–Trinajstić information content (AvgIpc) is 3.25. The number of urea groups is 1. The number of imide groups is 1. The van der Waals surface area contributed by atoms with E-state index in [1.807, 2.05) is 0 Å². The number of ether oxygens (including phenoxy) is 1. The van der Waals surface area contributed by atoms with E-state index in [2.05, 4.69) is 15.6 Å². The van der Waals surface area contributed by atoms with Gasteiger partial charge in [0.15, 0.2) is 6.10 Å². The van der Waals surface area contributed by atoms with Gasteiger partial charge < -0.3 is 10.1 Å². The molecule has 9 heteroatoms. The first kappa shape index (κ1) is 16.5. The molecule has 0 bridgehead atoms. The summed E-state index contributed by atoms with van der Waals surface area (Å²) in [5.74, 6) is -1.52. The molecule has 0 spiro atoms. The number of pyridine rings is 1. The van der Waals surface area contributed by atoms with Crippen LogP contribution in [0, 0.1) is 0 Å². The summed E-state index contributed by atoms with van der Waals surface area (Å²) in [4.78, 5) is 38.7. The van der Waals surface area contributed by atoms with E-state index in [0.29, 0.717) is 0 Å². The number of nitrogens with one attached hydrogen (secondary N) is 2. The number of carbonyl (C=O) groups is 3. The molecule has 1 aliphatic carbocycles. The van der Waals surface area contributed by atoms with E-state index in [1.165, 1.54) is 19.2 Å². The number of halogens is 2. The van der Waals surface area contributed by atoms with Gasteiger partial charge in [-0.3, -0.25) is 10.1 Å². The maximum Gasteiger partial charge on any atom is 0.340 e. The molecule has 2 rings (SSSR count). The molecule has 7 nitrogen and oxygen atoms in total. The first-order chi connectivity index (χ1) is 10.4. The fourth-order valence-electron chi connectivity index (χ4n) is 1.48. The molecular weight excluding hydrogens is 333 g/mol. The number of hydrogen-bond acceptors (Lipinski definition) is 5. The van der Waals surface area contributed by atoms with Crippen LogP contribution in [0.3, 0.4) is 0 Å². The van der Waals surface area contributed by atoms with Crippen molar-refractivity contribution < 1.29 is 19.1 Å². The van der Waals surface area contributed by atoms with Gasteiger partial charge in [0.25, 0.3) is 5.91 Å². The Kier molecular flexibility index (Phi) is 5.20. The van der Waals surface area contributed by atoms with Crippen LogP contribution in [0.4, 0.5) is 4.79 Å². The summed E-state index contributed by atoms with van der Waals surface area (Å²) >= 11 is 11.4. The minimum absolute atomic E-state index is 0.0523. The number of amides is 3. The molecule has 1 aromatic heterocycles. The van der Waals surface area contributed by atoms with Crippen LogP contribution in [0.5, 0.6) is 0 Å². The minimum atomic E-state index is -1.15. The molecule has 1 atom stereocenters. The molecule has 3 amide bonds. The van der Waals surface area contributed by atoms with Crippen LogP contribution in [0.1, 0.15) is 30.1 Å². The quantitative estimate of drug-likeness (QED) is 0.641. The Balaban J connectivity index is 1.87. The van der Waals surface area contributed by atoms with E-state index in [0.717, 1.165) is 12.8 Å². The smallest absolute Gasteiger partial charge is 0.340 e. The summed E-state index contributed by atoms with van der Waals surface area (Å²) in [5.41, 5.74) is 0.0523. The Morgan fingerprint density at radius 2 is 2.05 bits per heavy atom. The van der Waals surface area contributed by atoms with Crippen molar-refractivity contribution in [2.45, 2.75) is 31.9 Å². The van der Waals surface area contributed by atoms with E-state index in [9.17, 15) is 14.4 Å². The van der Waals surface area contributed by atoms with Gasteiger partial charge in [-0.1, -0.05) is 23.2 Å². The maximum atomic E-state index is 11.9. The zero-order chi connectivity index (χ0) is 16.3. The molecule has 1 saturated carbocycles.